The van der Waals surface area contributed by atoms with E-state index in [1.807, 2.05) is 0 Å². The number of amides is 1. The fourth-order valence-corrected chi connectivity index (χ4v) is 1.80. The van der Waals surface area contributed by atoms with Gasteiger partial charge < -0.3 is 4.74 Å². The number of hydroxylamine groups is 2. The molecule has 0 N–H and O–H groups in total. The quantitative estimate of drug-likeness (QED) is 0.356. The van der Waals surface area contributed by atoms with E-state index in [9.17, 15) is 9.59 Å². The molecule has 0 aliphatic heterocycles. The van der Waals surface area contributed by atoms with Gasteiger partial charge in [0.2, 0.25) is 0 Å². The van der Waals surface area contributed by atoms with Crippen LogP contribution in [0.5, 0.6) is 0 Å². The molecular formula is C15H15Cl2NO4. The molecule has 0 fully saturated rings. The zero-order valence-corrected chi connectivity index (χ0v) is 13.8. The van der Waals surface area contributed by atoms with Gasteiger partial charge in [-0.1, -0.05) is 35.3 Å². The van der Waals surface area contributed by atoms with Gasteiger partial charge in [0.1, 0.15) is 0 Å². The minimum atomic E-state index is -0.530. The van der Waals surface area contributed by atoms with Crippen molar-refractivity contribution in [1.29, 1.82) is 0 Å². The summed E-state index contributed by atoms with van der Waals surface area (Å²) in [5, 5.41) is 1.75. The number of hydrogen-bond donors (Lipinski definition) is 0. The summed E-state index contributed by atoms with van der Waals surface area (Å²) in [5.41, 5.74) is 0.820. The average Bonchev–Trinajstić information content (AvgIpc) is 2.52. The highest BCUT2D eigenvalue weighted by atomic mass is 35.5. The summed E-state index contributed by atoms with van der Waals surface area (Å²) in [6.07, 6.45) is 4.07. The van der Waals surface area contributed by atoms with Crippen LogP contribution in [-0.4, -0.2) is 38.2 Å². The fraction of sp³-hybridized carbons (Fsp3) is 0.200. The third-order valence-electron chi connectivity index (χ3n) is 2.72. The van der Waals surface area contributed by atoms with Gasteiger partial charge in [0.15, 0.2) is 0 Å². The Bertz CT molecular complexity index is 626. The van der Waals surface area contributed by atoms with Crippen LogP contribution in [0.2, 0.25) is 10.0 Å². The fourth-order valence-electron chi connectivity index (χ4n) is 1.50. The van der Waals surface area contributed by atoms with E-state index in [2.05, 4.69) is 4.74 Å². The Morgan fingerprint density at radius 1 is 1.18 bits per heavy atom. The van der Waals surface area contributed by atoms with E-state index >= 15 is 0 Å². The topological polar surface area (TPSA) is 55.8 Å². The number of halogens is 2. The van der Waals surface area contributed by atoms with Crippen LogP contribution in [0.15, 0.2) is 36.4 Å². The van der Waals surface area contributed by atoms with Crippen LogP contribution in [0.25, 0.3) is 5.57 Å². The van der Waals surface area contributed by atoms with Crippen LogP contribution in [0.1, 0.15) is 5.56 Å². The second kappa shape index (κ2) is 8.58. The standard InChI is InChI=1S/C15H15Cl2NO4/c1-18(22-3)15(20)11(5-4-6-14(19)21-2)10-7-8-12(16)13(17)9-10/h4-9H,1-3H3. The van der Waals surface area contributed by atoms with Gasteiger partial charge in [-0.05, 0) is 23.8 Å². The molecular weight excluding hydrogens is 329 g/mol. The van der Waals surface area contributed by atoms with Gasteiger partial charge in [-0.3, -0.25) is 9.63 Å². The highest BCUT2D eigenvalue weighted by Crippen LogP contribution is 2.27. The molecule has 0 aliphatic carbocycles. The molecule has 1 aromatic rings. The maximum atomic E-state index is 12.3. The monoisotopic (exact) mass is 343 g/mol. The van der Waals surface area contributed by atoms with Gasteiger partial charge >= 0.3 is 5.97 Å². The summed E-state index contributed by atoms with van der Waals surface area (Å²) >= 11 is 11.8. The van der Waals surface area contributed by atoms with Crippen molar-refractivity contribution < 1.29 is 19.2 Å². The maximum Gasteiger partial charge on any atom is 0.330 e. The number of rotatable bonds is 5. The van der Waals surface area contributed by atoms with Crippen molar-refractivity contribution in [3.63, 3.8) is 0 Å². The molecule has 0 spiro atoms. The largest absolute Gasteiger partial charge is 0.466 e. The Morgan fingerprint density at radius 2 is 1.86 bits per heavy atom. The number of likely N-dealkylation sites (N-methyl/N-ethyl adjacent to an activating group) is 1. The van der Waals surface area contributed by atoms with Gasteiger partial charge in [0.05, 0.1) is 24.3 Å². The Hall–Kier alpha value is -1.82. The minimum absolute atomic E-state index is 0.281. The Kier molecular flexibility index (Phi) is 7.11. The number of esters is 1. The van der Waals surface area contributed by atoms with Crippen molar-refractivity contribution in [3.05, 3.63) is 52.0 Å². The number of methoxy groups -OCH3 is 1. The molecule has 0 atom stereocenters. The number of carbonyl (C=O) groups is 2. The second-order valence-electron chi connectivity index (χ2n) is 4.08. The maximum absolute atomic E-state index is 12.3. The molecule has 0 unspecified atom stereocenters. The number of hydrogen-bond acceptors (Lipinski definition) is 4. The number of benzene rings is 1. The molecule has 0 heterocycles. The van der Waals surface area contributed by atoms with E-state index in [1.54, 1.807) is 18.2 Å². The molecule has 1 amide bonds. The lowest BCUT2D eigenvalue weighted by Crippen LogP contribution is -2.26. The predicted molar refractivity (Wildman–Crippen MR) is 85.4 cm³/mol. The van der Waals surface area contributed by atoms with Crippen LogP contribution < -0.4 is 0 Å². The molecule has 0 radical (unpaired) electrons. The number of ether oxygens (including phenoxy) is 1. The lowest BCUT2D eigenvalue weighted by atomic mass is 10.0. The second-order valence-corrected chi connectivity index (χ2v) is 4.89. The minimum Gasteiger partial charge on any atom is -0.466 e. The summed E-state index contributed by atoms with van der Waals surface area (Å²) in [5.74, 6) is -0.937. The van der Waals surface area contributed by atoms with Crippen LogP contribution in [0, 0.1) is 0 Å². The lowest BCUT2D eigenvalue weighted by molar-refractivity contribution is -0.161. The highest BCUT2D eigenvalue weighted by Gasteiger charge is 2.17. The first-order valence-corrected chi connectivity index (χ1v) is 6.90. The number of nitrogens with zero attached hydrogens (tertiary/aromatic N) is 1. The molecule has 0 aliphatic rings. The SMILES string of the molecule is COC(=O)C=CC=C(C(=O)N(C)OC)c1ccc(Cl)c(Cl)c1. The van der Waals surface area contributed by atoms with E-state index in [4.69, 9.17) is 28.0 Å². The van der Waals surface area contributed by atoms with Crippen molar-refractivity contribution in [2.45, 2.75) is 0 Å². The van der Waals surface area contributed by atoms with E-state index in [0.717, 1.165) is 5.06 Å². The molecule has 118 valence electrons. The van der Waals surface area contributed by atoms with Gasteiger partial charge in [-0.15, -0.1) is 0 Å². The predicted octanol–water partition coefficient (Wildman–Crippen LogP) is 3.13. The first-order chi connectivity index (χ1) is 10.4. The summed E-state index contributed by atoms with van der Waals surface area (Å²) in [6.45, 7) is 0. The first-order valence-electron chi connectivity index (χ1n) is 6.14. The average molecular weight is 344 g/mol. The summed E-state index contributed by atoms with van der Waals surface area (Å²) in [6, 6.07) is 4.79. The van der Waals surface area contributed by atoms with Crippen molar-refractivity contribution in [1.82, 2.24) is 5.06 Å². The molecule has 0 aromatic heterocycles. The van der Waals surface area contributed by atoms with E-state index in [-0.39, 0.29) is 5.57 Å². The Balaban J connectivity index is 3.24. The van der Waals surface area contributed by atoms with Crippen LogP contribution in [0.4, 0.5) is 0 Å². The van der Waals surface area contributed by atoms with E-state index in [1.165, 1.54) is 39.5 Å². The number of allylic oxidation sites excluding steroid dienone is 2. The molecule has 0 saturated carbocycles. The smallest absolute Gasteiger partial charge is 0.330 e. The zero-order chi connectivity index (χ0) is 16.7. The molecule has 22 heavy (non-hydrogen) atoms. The zero-order valence-electron chi connectivity index (χ0n) is 12.3. The molecule has 0 bridgehead atoms. The van der Waals surface area contributed by atoms with Crippen LogP contribution in [-0.2, 0) is 19.2 Å². The van der Waals surface area contributed by atoms with Crippen molar-refractivity contribution >= 4 is 40.7 Å². The van der Waals surface area contributed by atoms with Gasteiger partial charge in [0.25, 0.3) is 5.91 Å². The van der Waals surface area contributed by atoms with Crippen molar-refractivity contribution in [2.75, 3.05) is 21.3 Å². The molecule has 1 aromatic carbocycles. The Morgan fingerprint density at radius 3 is 2.41 bits per heavy atom. The third-order valence-corrected chi connectivity index (χ3v) is 3.46. The van der Waals surface area contributed by atoms with E-state index < -0.39 is 11.9 Å². The molecule has 0 saturated heterocycles. The normalized spacial score (nSPS) is 11.6. The van der Waals surface area contributed by atoms with E-state index in [0.29, 0.717) is 15.6 Å². The first kappa shape index (κ1) is 18.2. The van der Waals surface area contributed by atoms with Crippen LogP contribution in [0.3, 0.4) is 0 Å². The van der Waals surface area contributed by atoms with Gasteiger partial charge in [0, 0.05) is 18.7 Å². The van der Waals surface area contributed by atoms with Gasteiger partial charge in [-0.25, -0.2) is 9.86 Å². The van der Waals surface area contributed by atoms with Gasteiger partial charge in [-0.2, -0.15) is 0 Å². The molecule has 7 heteroatoms. The van der Waals surface area contributed by atoms with Crippen LogP contribution >= 0.6 is 23.2 Å². The summed E-state index contributed by atoms with van der Waals surface area (Å²) in [7, 11) is 4.10. The summed E-state index contributed by atoms with van der Waals surface area (Å²) < 4.78 is 4.49. The van der Waals surface area contributed by atoms with Crippen molar-refractivity contribution in [3.8, 4) is 0 Å². The van der Waals surface area contributed by atoms with Crippen molar-refractivity contribution in [2.24, 2.45) is 0 Å². The third kappa shape index (κ3) is 4.87. The lowest BCUT2D eigenvalue weighted by Gasteiger charge is -2.16. The summed E-state index contributed by atoms with van der Waals surface area (Å²) in [4.78, 5) is 28.3. The molecule has 5 nitrogen and oxygen atoms in total. The highest BCUT2D eigenvalue weighted by molar-refractivity contribution is 6.42. The Labute approximate surface area is 138 Å². The number of carbonyl (C=O) groups excluding carboxylic acids is 2. The molecule has 1 rings (SSSR count).